The van der Waals surface area contributed by atoms with Crippen molar-refractivity contribution in [2.45, 2.75) is 27.7 Å². The maximum Gasteiger partial charge on any atom is 0.238 e. The van der Waals surface area contributed by atoms with Gasteiger partial charge in [0.2, 0.25) is 5.91 Å². The third kappa shape index (κ3) is 4.57. The monoisotopic (exact) mass is 234 g/mol. The second-order valence-corrected chi connectivity index (χ2v) is 4.84. The Balaban J connectivity index is 2.51. The maximum atomic E-state index is 11.7. The number of carbonyl (C=O) groups excluding carboxylic acids is 1. The number of rotatable bonds is 5. The third-order valence-electron chi connectivity index (χ3n) is 2.58. The number of para-hydroxylation sites is 1. The van der Waals surface area contributed by atoms with Gasteiger partial charge in [-0.15, -0.1) is 0 Å². The largest absolute Gasteiger partial charge is 0.324 e. The molecule has 0 heterocycles. The standard InChI is InChI=1S/C14H22N2O/c1-10(2)8-15-9-13(17)16-14-11(3)6-5-7-12(14)4/h5-7,10,15H,8-9H2,1-4H3,(H,16,17). The molecule has 0 saturated heterocycles. The van der Waals surface area contributed by atoms with Gasteiger partial charge >= 0.3 is 0 Å². The Labute approximate surface area is 104 Å². The molecular formula is C14H22N2O. The van der Waals surface area contributed by atoms with Crippen molar-refractivity contribution in [3.05, 3.63) is 29.3 Å². The molecule has 2 N–H and O–H groups in total. The topological polar surface area (TPSA) is 41.1 Å². The van der Waals surface area contributed by atoms with Gasteiger partial charge in [-0.3, -0.25) is 4.79 Å². The summed E-state index contributed by atoms with van der Waals surface area (Å²) in [4.78, 5) is 11.7. The van der Waals surface area contributed by atoms with Crippen LogP contribution in [0.2, 0.25) is 0 Å². The molecule has 0 bridgehead atoms. The third-order valence-corrected chi connectivity index (χ3v) is 2.58. The number of nitrogens with one attached hydrogen (secondary N) is 2. The van der Waals surface area contributed by atoms with Crippen LogP contribution in [-0.4, -0.2) is 19.0 Å². The first-order chi connectivity index (χ1) is 8.00. The highest BCUT2D eigenvalue weighted by Gasteiger charge is 2.06. The van der Waals surface area contributed by atoms with Crippen molar-refractivity contribution in [1.29, 1.82) is 0 Å². The summed E-state index contributed by atoms with van der Waals surface area (Å²) >= 11 is 0. The van der Waals surface area contributed by atoms with E-state index in [2.05, 4.69) is 24.5 Å². The number of amides is 1. The summed E-state index contributed by atoms with van der Waals surface area (Å²) in [5.41, 5.74) is 3.13. The van der Waals surface area contributed by atoms with Crippen molar-refractivity contribution in [3.63, 3.8) is 0 Å². The molecule has 0 aliphatic heterocycles. The Morgan fingerprint density at radius 2 is 1.82 bits per heavy atom. The molecule has 0 spiro atoms. The van der Waals surface area contributed by atoms with Gasteiger partial charge in [-0.05, 0) is 37.4 Å². The lowest BCUT2D eigenvalue weighted by atomic mass is 10.1. The van der Waals surface area contributed by atoms with Crippen LogP contribution in [0.3, 0.4) is 0 Å². The van der Waals surface area contributed by atoms with Gasteiger partial charge in [0.25, 0.3) is 0 Å². The van der Waals surface area contributed by atoms with Crippen molar-refractivity contribution < 1.29 is 4.79 Å². The molecule has 0 aromatic heterocycles. The minimum absolute atomic E-state index is 0.0167. The van der Waals surface area contributed by atoms with Gasteiger partial charge in [0.15, 0.2) is 0 Å². The maximum absolute atomic E-state index is 11.7. The van der Waals surface area contributed by atoms with Crippen LogP contribution in [0.15, 0.2) is 18.2 Å². The van der Waals surface area contributed by atoms with E-state index in [1.807, 2.05) is 32.0 Å². The SMILES string of the molecule is Cc1cccc(C)c1NC(=O)CNCC(C)C. The van der Waals surface area contributed by atoms with Crippen LogP contribution < -0.4 is 10.6 Å². The van der Waals surface area contributed by atoms with E-state index in [-0.39, 0.29) is 5.91 Å². The van der Waals surface area contributed by atoms with Crippen molar-refractivity contribution in [2.24, 2.45) is 5.92 Å². The quantitative estimate of drug-likeness (QED) is 0.822. The average molecular weight is 234 g/mol. The molecule has 0 aliphatic rings. The Morgan fingerprint density at radius 1 is 1.24 bits per heavy atom. The lowest BCUT2D eigenvalue weighted by Gasteiger charge is -2.12. The number of carbonyl (C=O) groups is 1. The normalized spacial score (nSPS) is 10.6. The molecular weight excluding hydrogens is 212 g/mol. The molecule has 0 saturated carbocycles. The van der Waals surface area contributed by atoms with Gasteiger partial charge in [0.05, 0.1) is 6.54 Å². The van der Waals surface area contributed by atoms with Crippen molar-refractivity contribution in [3.8, 4) is 0 Å². The molecule has 0 aliphatic carbocycles. The summed E-state index contributed by atoms with van der Waals surface area (Å²) in [7, 11) is 0. The van der Waals surface area contributed by atoms with E-state index in [9.17, 15) is 4.79 Å². The highest BCUT2D eigenvalue weighted by molar-refractivity contribution is 5.93. The fraction of sp³-hybridized carbons (Fsp3) is 0.500. The number of hydrogen-bond acceptors (Lipinski definition) is 2. The van der Waals surface area contributed by atoms with Gasteiger partial charge in [-0.1, -0.05) is 32.0 Å². The summed E-state index contributed by atoms with van der Waals surface area (Å²) in [6, 6.07) is 6.01. The molecule has 0 atom stereocenters. The van der Waals surface area contributed by atoms with Crippen LogP contribution in [0.25, 0.3) is 0 Å². The molecule has 3 heteroatoms. The summed E-state index contributed by atoms with van der Waals surface area (Å²) in [6.07, 6.45) is 0. The molecule has 94 valence electrons. The van der Waals surface area contributed by atoms with Gasteiger partial charge in [0, 0.05) is 5.69 Å². The second kappa shape index (κ2) is 6.40. The van der Waals surface area contributed by atoms with Gasteiger partial charge in [-0.25, -0.2) is 0 Å². The summed E-state index contributed by atoms with van der Waals surface area (Å²) in [5.74, 6) is 0.575. The zero-order chi connectivity index (χ0) is 12.8. The number of benzene rings is 1. The van der Waals surface area contributed by atoms with Crippen molar-refractivity contribution in [1.82, 2.24) is 5.32 Å². The van der Waals surface area contributed by atoms with Crippen LogP contribution in [-0.2, 0) is 4.79 Å². The molecule has 0 unspecified atom stereocenters. The van der Waals surface area contributed by atoms with E-state index >= 15 is 0 Å². The summed E-state index contributed by atoms with van der Waals surface area (Å²) < 4.78 is 0. The van der Waals surface area contributed by atoms with E-state index in [0.717, 1.165) is 23.4 Å². The predicted molar refractivity (Wildman–Crippen MR) is 72.3 cm³/mol. The van der Waals surface area contributed by atoms with Crippen LogP contribution in [0.4, 0.5) is 5.69 Å². The average Bonchev–Trinajstić information content (AvgIpc) is 2.23. The number of hydrogen-bond donors (Lipinski definition) is 2. The van der Waals surface area contributed by atoms with Gasteiger partial charge in [0.1, 0.15) is 0 Å². The fourth-order valence-electron chi connectivity index (χ4n) is 1.67. The lowest BCUT2D eigenvalue weighted by Crippen LogP contribution is -2.30. The Bertz CT molecular complexity index is 366. The second-order valence-electron chi connectivity index (χ2n) is 4.84. The smallest absolute Gasteiger partial charge is 0.238 e. The Morgan fingerprint density at radius 3 is 2.35 bits per heavy atom. The highest BCUT2D eigenvalue weighted by atomic mass is 16.1. The molecule has 1 aromatic rings. The van der Waals surface area contributed by atoms with Crippen LogP contribution in [0.1, 0.15) is 25.0 Å². The van der Waals surface area contributed by atoms with Crippen LogP contribution >= 0.6 is 0 Å². The molecule has 3 nitrogen and oxygen atoms in total. The molecule has 1 amide bonds. The van der Waals surface area contributed by atoms with Gasteiger partial charge in [-0.2, -0.15) is 0 Å². The fourth-order valence-corrected chi connectivity index (χ4v) is 1.67. The van der Waals surface area contributed by atoms with E-state index in [1.165, 1.54) is 0 Å². The van der Waals surface area contributed by atoms with Crippen LogP contribution in [0.5, 0.6) is 0 Å². The molecule has 1 rings (SSSR count). The first-order valence-electron chi connectivity index (χ1n) is 6.07. The molecule has 1 aromatic carbocycles. The minimum Gasteiger partial charge on any atom is -0.324 e. The lowest BCUT2D eigenvalue weighted by molar-refractivity contribution is -0.115. The first-order valence-corrected chi connectivity index (χ1v) is 6.07. The molecule has 0 radical (unpaired) electrons. The van der Waals surface area contributed by atoms with E-state index in [1.54, 1.807) is 0 Å². The Kier molecular flexibility index (Phi) is 5.16. The summed E-state index contributed by atoms with van der Waals surface area (Å²) in [5, 5.41) is 6.08. The van der Waals surface area contributed by atoms with E-state index in [4.69, 9.17) is 0 Å². The van der Waals surface area contributed by atoms with Crippen molar-refractivity contribution >= 4 is 11.6 Å². The Hall–Kier alpha value is -1.35. The van der Waals surface area contributed by atoms with Crippen molar-refractivity contribution in [2.75, 3.05) is 18.4 Å². The minimum atomic E-state index is 0.0167. The highest BCUT2D eigenvalue weighted by Crippen LogP contribution is 2.18. The predicted octanol–water partition coefficient (Wildman–Crippen LogP) is 2.49. The summed E-state index contributed by atoms with van der Waals surface area (Å²) in [6.45, 7) is 9.48. The van der Waals surface area contributed by atoms with Gasteiger partial charge < -0.3 is 10.6 Å². The number of anilines is 1. The van der Waals surface area contributed by atoms with E-state index in [0.29, 0.717) is 12.5 Å². The zero-order valence-corrected chi connectivity index (χ0v) is 11.1. The zero-order valence-electron chi connectivity index (χ0n) is 11.1. The van der Waals surface area contributed by atoms with E-state index < -0.39 is 0 Å². The first kappa shape index (κ1) is 13.7. The molecule has 0 fully saturated rings. The van der Waals surface area contributed by atoms with Crippen LogP contribution in [0, 0.1) is 19.8 Å². The number of aryl methyl sites for hydroxylation is 2. The molecule has 17 heavy (non-hydrogen) atoms.